The second-order valence-electron chi connectivity index (χ2n) is 9.06. The van der Waals surface area contributed by atoms with Crippen molar-refractivity contribution < 1.29 is 19.5 Å². The number of rotatable bonds is 9. The van der Waals surface area contributed by atoms with Crippen LogP contribution in [0.4, 0.5) is 10.7 Å². The largest absolute Gasteiger partial charge is 0.478 e. The van der Waals surface area contributed by atoms with Crippen molar-refractivity contribution in [3.8, 4) is 17.2 Å². The number of benzene rings is 4. The average Bonchev–Trinajstić information content (AvgIpc) is 3.43. The van der Waals surface area contributed by atoms with Crippen LogP contribution in [0.1, 0.15) is 37.1 Å². The van der Waals surface area contributed by atoms with Crippen LogP contribution in [-0.2, 0) is 4.79 Å². The molecule has 0 fully saturated rings. The van der Waals surface area contributed by atoms with Crippen LogP contribution >= 0.6 is 23.1 Å². The lowest BCUT2D eigenvalue weighted by molar-refractivity contribution is -0.115. The van der Waals surface area contributed by atoms with Crippen LogP contribution in [0.25, 0.3) is 11.1 Å². The van der Waals surface area contributed by atoms with E-state index in [9.17, 15) is 24.8 Å². The monoisotopic (exact) mass is 589 g/mol. The van der Waals surface area contributed by atoms with E-state index in [2.05, 4.69) is 16.7 Å². The minimum atomic E-state index is -1.19. The Bertz CT molecular complexity index is 1800. The quantitative estimate of drug-likeness (QED) is 0.152. The van der Waals surface area contributed by atoms with Gasteiger partial charge in [0.2, 0.25) is 5.91 Å². The molecule has 1 atom stereocenters. The predicted octanol–water partition coefficient (Wildman–Crippen LogP) is 7.71. The van der Waals surface area contributed by atoms with Gasteiger partial charge in [0.05, 0.1) is 16.7 Å². The van der Waals surface area contributed by atoms with Crippen LogP contribution in [0.15, 0.2) is 119 Å². The summed E-state index contributed by atoms with van der Waals surface area (Å²) in [5.41, 5.74) is 3.23. The summed E-state index contributed by atoms with van der Waals surface area (Å²) in [4.78, 5) is 38.9. The molecule has 1 heterocycles. The minimum Gasteiger partial charge on any atom is -0.478 e. The molecule has 0 aliphatic heterocycles. The smallest absolute Gasteiger partial charge is 0.336 e. The van der Waals surface area contributed by atoms with Crippen molar-refractivity contribution in [2.75, 3.05) is 10.6 Å². The number of carboxylic acid groups (broad SMARTS) is 1. The summed E-state index contributed by atoms with van der Waals surface area (Å²) >= 11 is 2.60. The third-order valence-corrected chi connectivity index (χ3v) is 8.46. The third-order valence-electron chi connectivity index (χ3n) is 6.31. The Hall–Kier alpha value is -5.17. The minimum absolute atomic E-state index is 0.0451. The molecule has 5 aromatic rings. The molecule has 42 heavy (non-hydrogen) atoms. The average molecular weight is 590 g/mol. The van der Waals surface area contributed by atoms with E-state index >= 15 is 0 Å². The highest BCUT2D eigenvalue weighted by atomic mass is 32.2. The number of carbonyl (C=O) groups excluding carboxylic acids is 2. The normalized spacial score (nSPS) is 11.2. The van der Waals surface area contributed by atoms with E-state index in [0.29, 0.717) is 21.1 Å². The molecule has 3 N–H and O–H groups in total. The van der Waals surface area contributed by atoms with Gasteiger partial charge in [-0.25, -0.2) is 4.79 Å². The van der Waals surface area contributed by atoms with Crippen molar-refractivity contribution in [3.05, 3.63) is 137 Å². The van der Waals surface area contributed by atoms with Crippen LogP contribution in [0.3, 0.4) is 0 Å². The predicted molar refractivity (Wildman–Crippen MR) is 166 cm³/mol. The zero-order valence-electron chi connectivity index (χ0n) is 22.0. The van der Waals surface area contributed by atoms with Crippen LogP contribution in [-0.4, -0.2) is 22.9 Å². The summed E-state index contributed by atoms with van der Waals surface area (Å²) < 4.78 is 0. The number of thioether (sulfide) groups is 1. The number of nitrogens with one attached hydrogen (secondary N) is 2. The molecule has 1 aromatic heterocycles. The summed E-state index contributed by atoms with van der Waals surface area (Å²) in [6.45, 7) is 0. The maximum atomic E-state index is 13.7. The third kappa shape index (κ3) is 6.41. The molecule has 0 bridgehead atoms. The molecule has 0 aliphatic carbocycles. The molecule has 2 amide bonds. The number of carbonyl (C=O) groups is 3. The number of amides is 2. The molecular formula is C33H23N3O4S2. The molecule has 206 valence electrons. The van der Waals surface area contributed by atoms with Gasteiger partial charge in [-0.1, -0.05) is 78.9 Å². The molecule has 0 radical (unpaired) electrons. The van der Waals surface area contributed by atoms with Gasteiger partial charge in [-0.3, -0.25) is 9.59 Å². The van der Waals surface area contributed by atoms with Gasteiger partial charge in [0, 0.05) is 21.5 Å². The number of carboxylic acids is 1. The van der Waals surface area contributed by atoms with E-state index in [1.165, 1.54) is 35.2 Å². The number of nitrogens with zero attached hydrogens (tertiary/aromatic N) is 1. The van der Waals surface area contributed by atoms with Crippen LogP contribution in [0.5, 0.6) is 0 Å². The van der Waals surface area contributed by atoms with E-state index < -0.39 is 17.1 Å². The summed E-state index contributed by atoms with van der Waals surface area (Å²) in [5.74, 6) is -2.04. The van der Waals surface area contributed by atoms with E-state index in [1.54, 1.807) is 30.3 Å². The first-order chi connectivity index (χ1) is 20.4. The van der Waals surface area contributed by atoms with Gasteiger partial charge in [0.1, 0.15) is 16.3 Å². The van der Waals surface area contributed by atoms with Gasteiger partial charge in [-0.05, 0) is 41.5 Å². The van der Waals surface area contributed by atoms with Crippen molar-refractivity contribution in [1.82, 2.24) is 0 Å². The maximum absolute atomic E-state index is 13.7. The molecule has 0 spiro atoms. The summed E-state index contributed by atoms with van der Waals surface area (Å²) in [6.07, 6.45) is 0. The summed E-state index contributed by atoms with van der Waals surface area (Å²) in [6, 6.07) is 34.1. The first kappa shape index (κ1) is 28.4. The van der Waals surface area contributed by atoms with E-state index in [0.717, 1.165) is 16.7 Å². The van der Waals surface area contributed by atoms with E-state index in [1.807, 2.05) is 72.1 Å². The molecule has 9 heteroatoms. The van der Waals surface area contributed by atoms with Crippen molar-refractivity contribution in [3.63, 3.8) is 0 Å². The number of aromatic carboxylic acids is 1. The fourth-order valence-electron chi connectivity index (χ4n) is 4.32. The lowest BCUT2D eigenvalue weighted by Crippen LogP contribution is -2.19. The van der Waals surface area contributed by atoms with Gasteiger partial charge in [-0.15, -0.1) is 23.1 Å². The molecule has 7 nitrogen and oxygen atoms in total. The van der Waals surface area contributed by atoms with Gasteiger partial charge < -0.3 is 15.7 Å². The zero-order valence-corrected chi connectivity index (χ0v) is 23.6. The second-order valence-corrected chi connectivity index (χ2v) is 11.1. The van der Waals surface area contributed by atoms with E-state index in [4.69, 9.17) is 0 Å². The number of anilines is 2. The fourth-order valence-corrected chi connectivity index (χ4v) is 6.32. The molecule has 0 saturated carbocycles. The Balaban J connectivity index is 1.39. The Kier molecular flexibility index (Phi) is 8.78. The lowest BCUT2D eigenvalue weighted by atomic mass is 10.1. The number of thiophene rings is 1. The standard InChI is InChI=1S/C33H23N3O4S2/c34-19-27-28(21-10-3-1-4-11-21)20-41-32(27)36-31(38)29(22-12-5-2-6-13-22)42-24-15-9-14-23(18-24)35-30(37)25-16-7-8-17-26(25)33(39)40/h1-18,20,29H,(H,35,37)(H,36,38)(H,39,40). The van der Waals surface area contributed by atoms with Crippen LogP contribution in [0.2, 0.25) is 0 Å². The molecule has 5 rings (SSSR count). The molecule has 0 aliphatic rings. The van der Waals surface area contributed by atoms with Crippen molar-refractivity contribution in [1.29, 1.82) is 5.26 Å². The Morgan fingerprint density at radius 2 is 1.48 bits per heavy atom. The van der Waals surface area contributed by atoms with Crippen molar-refractivity contribution >= 4 is 51.6 Å². The Morgan fingerprint density at radius 1 is 0.810 bits per heavy atom. The fraction of sp³-hybridized carbons (Fsp3) is 0.0303. The van der Waals surface area contributed by atoms with Crippen LogP contribution < -0.4 is 10.6 Å². The number of hydrogen-bond donors (Lipinski definition) is 3. The molecular weight excluding hydrogens is 567 g/mol. The number of nitriles is 1. The highest BCUT2D eigenvalue weighted by Crippen LogP contribution is 2.40. The topological polar surface area (TPSA) is 119 Å². The Morgan fingerprint density at radius 3 is 2.17 bits per heavy atom. The molecule has 4 aromatic carbocycles. The SMILES string of the molecule is N#Cc1c(-c2ccccc2)csc1NC(=O)C(Sc1cccc(NC(=O)c2ccccc2C(=O)O)c1)c1ccccc1. The zero-order chi connectivity index (χ0) is 29.5. The van der Waals surface area contributed by atoms with Gasteiger partial charge in [0.15, 0.2) is 0 Å². The maximum Gasteiger partial charge on any atom is 0.336 e. The van der Waals surface area contributed by atoms with Crippen molar-refractivity contribution in [2.45, 2.75) is 10.1 Å². The van der Waals surface area contributed by atoms with Gasteiger partial charge >= 0.3 is 5.97 Å². The Labute approximate surface area is 250 Å². The van der Waals surface area contributed by atoms with Crippen LogP contribution in [0, 0.1) is 11.3 Å². The second kappa shape index (κ2) is 13.0. The van der Waals surface area contributed by atoms with Gasteiger partial charge in [-0.2, -0.15) is 5.26 Å². The van der Waals surface area contributed by atoms with Gasteiger partial charge in [0.25, 0.3) is 5.91 Å². The van der Waals surface area contributed by atoms with Crippen molar-refractivity contribution in [2.24, 2.45) is 0 Å². The molecule has 1 unspecified atom stereocenters. The highest BCUT2D eigenvalue weighted by molar-refractivity contribution is 8.00. The highest BCUT2D eigenvalue weighted by Gasteiger charge is 2.25. The molecule has 0 saturated heterocycles. The van der Waals surface area contributed by atoms with E-state index in [-0.39, 0.29) is 17.0 Å². The summed E-state index contributed by atoms with van der Waals surface area (Å²) in [7, 11) is 0. The summed E-state index contributed by atoms with van der Waals surface area (Å²) in [5, 5.41) is 26.8. The number of hydrogen-bond acceptors (Lipinski definition) is 6. The first-order valence-electron chi connectivity index (χ1n) is 12.8. The first-order valence-corrected chi connectivity index (χ1v) is 14.5. The lowest BCUT2D eigenvalue weighted by Gasteiger charge is -2.17.